The van der Waals surface area contributed by atoms with Crippen molar-refractivity contribution in [3.05, 3.63) is 11.4 Å². The van der Waals surface area contributed by atoms with E-state index in [4.69, 9.17) is 5.73 Å². The molecular weight excluding hydrogens is 252 g/mol. The standard InChI is InChI=1S/C11H22N4O2S/c1-8(7-12)5-4-6-13-18(16,17)11-9(2)14-15-10(11)3/h8,13H,4-7,12H2,1-3H3,(H,14,15). The number of hydrogen-bond donors (Lipinski definition) is 3. The zero-order chi connectivity index (χ0) is 13.8. The van der Waals surface area contributed by atoms with E-state index in [1.807, 2.05) is 0 Å². The first-order chi connectivity index (χ1) is 8.38. The molecule has 0 radical (unpaired) electrons. The maximum Gasteiger partial charge on any atom is 0.244 e. The molecular formula is C11H22N4O2S. The fourth-order valence-corrected chi connectivity index (χ4v) is 3.22. The maximum absolute atomic E-state index is 12.1. The Labute approximate surface area is 108 Å². The fraction of sp³-hybridized carbons (Fsp3) is 0.727. The Hall–Kier alpha value is -0.920. The molecule has 0 amide bonds. The van der Waals surface area contributed by atoms with E-state index in [1.165, 1.54) is 0 Å². The van der Waals surface area contributed by atoms with Crippen LogP contribution in [0.25, 0.3) is 0 Å². The van der Waals surface area contributed by atoms with Crippen LogP contribution in [-0.4, -0.2) is 31.7 Å². The summed E-state index contributed by atoms with van der Waals surface area (Å²) in [6.45, 7) is 6.49. The summed E-state index contributed by atoms with van der Waals surface area (Å²) in [6, 6.07) is 0. The lowest BCUT2D eigenvalue weighted by Gasteiger charge is -2.09. The molecule has 6 nitrogen and oxygen atoms in total. The topological polar surface area (TPSA) is 101 Å². The lowest BCUT2D eigenvalue weighted by Crippen LogP contribution is -2.26. The van der Waals surface area contributed by atoms with Crippen molar-refractivity contribution in [2.75, 3.05) is 13.1 Å². The lowest BCUT2D eigenvalue weighted by atomic mass is 10.1. The van der Waals surface area contributed by atoms with Crippen LogP contribution in [0.3, 0.4) is 0 Å². The average Bonchev–Trinajstić information content (AvgIpc) is 2.64. The van der Waals surface area contributed by atoms with E-state index < -0.39 is 10.0 Å². The summed E-state index contributed by atoms with van der Waals surface area (Å²) in [5.74, 6) is 0.423. The van der Waals surface area contributed by atoms with Gasteiger partial charge in [0.05, 0.1) is 11.4 Å². The van der Waals surface area contributed by atoms with Crippen LogP contribution in [0.1, 0.15) is 31.2 Å². The Bertz CT molecular complexity index is 462. The Morgan fingerprint density at radius 3 is 2.61 bits per heavy atom. The Kier molecular flexibility index (Phi) is 5.30. The number of hydrogen-bond acceptors (Lipinski definition) is 4. The summed E-state index contributed by atoms with van der Waals surface area (Å²) in [5.41, 5.74) is 6.57. The van der Waals surface area contributed by atoms with E-state index in [9.17, 15) is 8.42 Å². The van der Waals surface area contributed by atoms with E-state index in [-0.39, 0.29) is 4.90 Å². The van der Waals surface area contributed by atoms with Crippen LogP contribution in [0.15, 0.2) is 4.90 Å². The van der Waals surface area contributed by atoms with Gasteiger partial charge < -0.3 is 5.73 Å². The first-order valence-corrected chi connectivity index (χ1v) is 7.58. The van der Waals surface area contributed by atoms with Crippen molar-refractivity contribution in [3.63, 3.8) is 0 Å². The molecule has 1 aromatic rings. The normalized spacial score (nSPS) is 13.8. The quantitative estimate of drug-likeness (QED) is 0.636. The molecule has 0 aliphatic carbocycles. The van der Waals surface area contributed by atoms with E-state index in [2.05, 4.69) is 21.8 Å². The highest BCUT2D eigenvalue weighted by Crippen LogP contribution is 2.16. The summed E-state index contributed by atoms with van der Waals surface area (Å²) in [7, 11) is -3.46. The van der Waals surface area contributed by atoms with Gasteiger partial charge >= 0.3 is 0 Å². The van der Waals surface area contributed by atoms with Crippen LogP contribution in [0.2, 0.25) is 0 Å². The molecule has 0 saturated heterocycles. The Morgan fingerprint density at radius 1 is 1.44 bits per heavy atom. The SMILES string of the molecule is Cc1n[nH]c(C)c1S(=O)(=O)NCCCC(C)CN. The monoisotopic (exact) mass is 274 g/mol. The second kappa shape index (κ2) is 6.31. The van der Waals surface area contributed by atoms with Crippen LogP contribution in [0.5, 0.6) is 0 Å². The molecule has 18 heavy (non-hydrogen) atoms. The largest absolute Gasteiger partial charge is 0.330 e. The minimum Gasteiger partial charge on any atom is -0.330 e. The first-order valence-electron chi connectivity index (χ1n) is 6.09. The second-order valence-corrected chi connectivity index (χ2v) is 6.35. The molecule has 1 heterocycles. The van der Waals surface area contributed by atoms with E-state index in [1.54, 1.807) is 13.8 Å². The number of aromatic amines is 1. The highest BCUT2D eigenvalue weighted by atomic mass is 32.2. The van der Waals surface area contributed by atoms with Crippen LogP contribution in [0.4, 0.5) is 0 Å². The summed E-state index contributed by atoms with van der Waals surface area (Å²) < 4.78 is 26.7. The number of rotatable bonds is 7. The van der Waals surface area contributed by atoms with Crippen LogP contribution in [-0.2, 0) is 10.0 Å². The average molecular weight is 274 g/mol. The van der Waals surface area contributed by atoms with Gasteiger partial charge in [0, 0.05) is 6.54 Å². The zero-order valence-electron chi connectivity index (χ0n) is 11.2. The van der Waals surface area contributed by atoms with Crippen LogP contribution in [0, 0.1) is 19.8 Å². The van der Waals surface area contributed by atoms with Gasteiger partial charge in [-0.15, -0.1) is 0 Å². The number of aryl methyl sites for hydroxylation is 2. The number of nitrogens with one attached hydrogen (secondary N) is 2. The van der Waals surface area contributed by atoms with Gasteiger partial charge in [0.25, 0.3) is 0 Å². The molecule has 104 valence electrons. The van der Waals surface area contributed by atoms with Gasteiger partial charge in [-0.1, -0.05) is 6.92 Å². The Balaban J connectivity index is 2.56. The number of H-pyrrole nitrogens is 1. The van der Waals surface area contributed by atoms with Gasteiger partial charge in [0.15, 0.2) is 0 Å². The van der Waals surface area contributed by atoms with Crippen LogP contribution < -0.4 is 10.5 Å². The molecule has 0 bridgehead atoms. The number of sulfonamides is 1. The van der Waals surface area contributed by atoms with Gasteiger partial charge in [-0.3, -0.25) is 5.10 Å². The molecule has 0 aliphatic heterocycles. The third kappa shape index (κ3) is 3.79. The van der Waals surface area contributed by atoms with E-state index in [0.29, 0.717) is 30.4 Å². The van der Waals surface area contributed by atoms with Crippen molar-refractivity contribution < 1.29 is 8.42 Å². The Morgan fingerprint density at radius 2 is 2.11 bits per heavy atom. The smallest absolute Gasteiger partial charge is 0.244 e. The molecule has 0 aromatic carbocycles. The summed E-state index contributed by atoms with van der Waals surface area (Å²) in [6.07, 6.45) is 1.70. The van der Waals surface area contributed by atoms with Crippen molar-refractivity contribution in [3.8, 4) is 0 Å². The maximum atomic E-state index is 12.1. The van der Waals surface area contributed by atoms with E-state index in [0.717, 1.165) is 12.8 Å². The fourth-order valence-electron chi connectivity index (χ4n) is 1.78. The molecule has 0 fully saturated rings. The van der Waals surface area contributed by atoms with E-state index >= 15 is 0 Å². The third-order valence-electron chi connectivity index (χ3n) is 2.90. The molecule has 0 saturated carbocycles. The molecule has 1 aromatic heterocycles. The van der Waals surface area contributed by atoms with Crippen molar-refractivity contribution in [1.82, 2.24) is 14.9 Å². The number of aromatic nitrogens is 2. The summed E-state index contributed by atoms with van der Waals surface area (Å²) >= 11 is 0. The van der Waals surface area contributed by atoms with Crippen molar-refractivity contribution in [1.29, 1.82) is 0 Å². The molecule has 7 heteroatoms. The van der Waals surface area contributed by atoms with Gasteiger partial charge in [-0.2, -0.15) is 5.10 Å². The van der Waals surface area contributed by atoms with Gasteiger partial charge in [-0.05, 0) is 39.2 Å². The molecule has 4 N–H and O–H groups in total. The molecule has 1 atom stereocenters. The van der Waals surface area contributed by atoms with Gasteiger partial charge in [0.1, 0.15) is 4.90 Å². The third-order valence-corrected chi connectivity index (χ3v) is 4.62. The summed E-state index contributed by atoms with van der Waals surface area (Å²) in [4.78, 5) is 0.259. The van der Waals surface area contributed by atoms with Gasteiger partial charge in [0.2, 0.25) is 10.0 Å². The lowest BCUT2D eigenvalue weighted by molar-refractivity contribution is 0.513. The molecule has 0 aliphatic rings. The van der Waals surface area contributed by atoms with Crippen molar-refractivity contribution in [2.24, 2.45) is 11.7 Å². The highest BCUT2D eigenvalue weighted by molar-refractivity contribution is 7.89. The molecule has 1 rings (SSSR count). The van der Waals surface area contributed by atoms with Crippen molar-refractivity contribution in [2.45, 2.75) is 38.5 Å². The zero-order valence-corrected chi connectivity index (χ0v) is 12.0. The predicted molar refractivity (Wildman–Crippen MR) is 70.7 cm³/mol. The van der Waals surface area contributed by atoms with Crippen LogP contribution >= 0.6 is 0 Å². The minimum absolute atomic E-state index is 0.259. The molecule has 0 spiro atoms. The number of nitrogens with two attached hydrogens (primary N) is 1. The summed E-state index contributed by atoms with van der Waals surface area (Å²) in [5, 5.41) is 6.57. The van der Waals surface area contributed by atoms with Crippen molar-refractivity contribution >= 4 is 10.0 Å². The predicted octanol–water partition coefficient (Wildman–Crippen LogP) is 0.680. The highest BCUT2D eigenvalue weighted by Gasteiger charge is 2.21. The first kappa shape index (κ1) is 15.1. The number of nitrogens with zero attached hydrogens (tertiary/aromatic N) is 1. The molecule has 1 unspecified atom stereocenters. The van der Waals surface area contributed by atoms with Gasteiger partial charge in [-0.25, -0.2) is 13.1 Å². The minimum atomic E-state index is -3.46. The second-order valence-electron chi connectivity index (χ2n) is 4.64.